The molecule has 0 bridgehead atoms. The van der Waals surface area contributed by atoms with Crippen LogP contribution in [0.15, 0.2) is 59.6 Å². The number of esters is 1. The van der Waals surface area contributed by atoms with Gasteiger partial charge in [-0.15, -0.1) is 0 Å². The zero-order chi connectivity index (χ0) is 17.6. The molecule has 1 aliphatic heterocycles. The van der Waals surface area contributed by atoms with Gasteiger partial charge in [-0.05, 0) is 49.2 Å². The maximum absolute atomic E-state index is 12.9. The second-order valence-electron chi connectivity index (χ2n) is 6.26. The minimum Gasteiger partial charge on any atom is -0.465 e. The average molecular weight is 355 g/mol. The zero-order valence-corrected chi connectivity index (χ0v) is 14.5. The molecule has 1 fully saturated rings. The van der Waals surface area contributed by atoms with E-state index in [-0.39, 0.29) is 16.8 Å². The van der Waals surface area contributed by atoms with Crippen LogP contribution in [-0.2, 0) is 19.6 Å². The Morgan fingerprint density at radius 2 is 1.84 bits per heavy atom. The summed E-state index contributed by atoms with van der Waals surface area (Å²) in [5.74, 6) is -0.479. The zero-order valence-electron chi connectivity index (χ0n) is 13.7. The van der Waals surface area contributed by atoms with E-state index < -0.39 is 10.0 Å². The van der Waals surface area contributed by atoms with Gasteiger partial charge in [0.05, 0.1) is 22.9 Å². The van der Waals surface area contributed by atoms with E-state index in [1.807, 2.05) is 13.0 Å². The first-order chi connectivity index (χ1) is 12.0. The lowest BCUT2D eigenvalue weighted by Gasteiger charge is -2.10. The summed E-state index contributed by atoms with van der Waals surface area (Å²) in [7, 11) is -3.66. The second kappa shape index (κ2) is 5.74. The molecule has 3 aromatic rings. The number of carbonyl (C=O) groups is 1. The Morgan fingerprint density at radius 1 is 1.08 bits per heavy atom. The number of nitrogens with zero attached hydrogens (tertiary/aromatic N) is 1. The van der Waals surface area contributed by atoms with Crippen LogP contribution in [0.1, 0.15) is 23.5 Å². The molecule has 5 nitrogen and oxygen atoms in total. The van der Waals surface area contributed by atoms with Crippen LogP contribution in [0.5, 0.6) is 0 Å². The van der Waals surface area contributed by atoms with Crippen LogP contribution in [0, 0.1) is 6.92 Å². The number of aryl methyl sites for hydroxylation is 1. The van der Waals surface area contributed by atoms with Gasteiger partial charge in [-0.3, -0.25) is 4.79 Å². The molecule has 25 heavy (non-hydrogen) atoms. The summed E-state index contributed by atoms with van der Waals surface area (Å²) >= 11 is 0. The van der Waals surface area contributed by atoms with Gasteiger partial charge in [-0.2, -0.15) is 0 Å². The first-order valence-corrected chi connectivity index (χ1v) is 9.51. The molecule has 1 unspecified atom stereocenters. The van der Waals surface area contributed by atoms with Crippen molar-refractivity contribution < 1.29 is 17.9 Å². The van der Waals surface area contributed by atoms with E-state index in [9.17, 15) is 13.2 Å². The smallest absolute Gasteiger partial charge is 0.313 e. The summed E-state index contributed by atoms with van der Waals surface area (Å²) in [6, 6.07) is 14.0. The molecule has 0 radical (unpaired) electrons. The lowest BCUT2D eigenvalue weighted by atomic mass is 9.97. The third-order valence-electron chi connectivity index (χ3n) is 4.59. The molecule has 1 saturated heterocycles. The summed E-state index contributed by atoms with van der Waals surface area (Å²) in [5, 5.41) is 0.785. The van der Waals surface area contributed by atoms with E-state index in [1.165, 1.54) is 3.97 Å². The van der Waals surface area contributed by atoms with Crippen molar-refractivity contribution in [1.29, 1.82) is 0 Å². The molecule has 2 heterocycles. The van der Waals surface area contributed by atoms with Gasteiger partial charge in [0.1, 0.15) is 0 Å². The molecule has 0 amide bonds. The summed E-state index contributed by atoms with van der Waals surface area (Å²) in [5.41, 5.74) is 2.46. The lowest BCUT2D eigenvalue weighted by molar-refractivity contribution is -0.139. The predicted molar refractivity (Wildman–Crippen MR) is 94.0 cm³/mol. The second-order valence-corrected chi connectivity index (χ2v) is 8.07. The van der Waals surface area contributed by atoms with Crippen LogP contribution in [-0.4, -0.2) is 25.0 Å². The Morgan fingerprint density at radius 3 is 2.52 bits per heavy atom. The number of hydrogen-bond acceptors (Lipinski definition) is 4. The average Bonchev–Trinajstić information content (AvgIpc) is 3.20. The molecule has 6 heteroatoms. The van der Waals surface area contributed by atoms with E-state index in [0.29, 0.717) is 18.5 Å². The highest BCUT2D eigenvalue weighted by Gasteiger charge is 2.28. The standard InChI is InChI=1S/C19H17NO4S/c1-13-2-5-16(6-3-13)25(22,23)20-10-8-15-12-14(4-7-18(15)20)17-9-11-24-19(17)21/h2-8,10,12,17H,9,11H2,1H3. The van der Waals surface area contributed by atoms with Crippen LogP contribution in [0.2, 0.25) is 0 Å². The Hall–Kier alpha value is -2.60. The molecule has 0 saturated carbocycles. The quantitative estimate of drug-likeness (QED) is 0.677. The van der Waals surface area contributed by atoms with Crippen LogP contribution >= 0.6 is 0 Å². The van der Waals surface area contributed by atoms with Gasteiger partial charge >= 0.3 is 5.97 Å². The molecule has 1 aliphatic rings. The number of hydrogen-bond donors (Lipinski definition) is 0. The van der Waals surface area contributed by atoms with E-state index in [2.05, 4.69) is 0 Å². The highest BCUT2D eigenvalue weighted by Crippen LogP contribution is 2.30. The van der Waals surface area contributed by atoms with Crippen molar-refractivity contribution >= 4 is 26.9 Å². The normalized spacial score (nSPS) is 17.8. The van der Waals surface area contributed by atoms with Gasteiger partial charge in [-0.1, -0.05) is 23.8 Å². The molecule has 128 valence electrons. The number of rotatable bonds is 3. The summed E-state index contributed by atoms with van der Waals surface area (Å²) in [4.78, 5) is 12.0. The van der Waals surface area contributed by atoms with E-state index in [4.69, 9.17) is 4.74 Å². The summed E-state index contributed by atoms with van der Waals surface area (Å²) in [6.45, 7) is 2.35. The Kier molecular flexibility index (Phi) is 3.65. The Labute approximate surface area is 145 Å². The number of carbonyl (C=O) groups excluding carboxylic acids is 1. The first-order valence-electron chi connectivity index (χ1n) is 8.07. The van der Waals surface area contributed by atoms with Gasteiger partial charge in [0.2, 0.25) is 0 Å². The summed E-state index contributed by atoms with van der Waals surface area (Å²) < 4.78 is 32.1. The van der Waals surface area contributed by atoms with Crippen molar-refractivity contribution in [2.24, 2.45) is 0 Å². The molecule has 0 N–H and O–H groups in total. The van der Waals surface area contributed by atoms with Gasteiger partial charge in [0, 0.05) is 11.6 Å². The molecular formula is C19H17NO4S. The number of aromatic nitrogens is 1. The molecule has 2 aromatic carbocycles. The van der Waals surface area contributed by atoms with Gasteiger partial charge in [0.25, 0.3) is 10.0 Å². The highest BCUT2D eigenvalue weighted by molar-refractivity contribution is 7.90. The maximum Gasteiger partial charge on any atom is 0.313 e. The lowest BCUT2D eigenvalue weighted by Crippen LogP contribution is -2.12. The molecule has 4 rings (SSSR count). The Bertz CT molecular complexity index is 1060. The third kappa shape index (κ3) is 2.62. The Balaban J connectivity index is 1.78. The number of benzene rings is 2. The van der Waals surface area contributed by atoms with Gasteiger partial charge < -0.3 is 4.74 Å². The topological polar surface area (TPSA) is 65.4 Å². The number of cyclic esters (lactones) is 1. The van der Waals surface area contributed by atoms with Crippen LogP contribution in [0.3, 0.4) is 0 Å². The highest BCUT2D eigenvalue weighted by atomic mass is 32.2. The molecular weight excluding hydrogens is 338 g/mol. The number of fused-ring (bicyclic) bond motifs is 1. The maximum atomic E-state index is 12.9. The van der Waals surface area contributed by atoms with Crippen molar-refractivity contribution in [1.82, 2.24) is 3.97 Å². The van der Waals surface area contributed by atoms with Gasteiger partial charge in [-0.25, -0.2) is 12.4 Å². The largest absolute Gasteiger partial charge is 0.465 e. The number of ether oxygens (including phenoxy) is 1. The van der Waals surface area contributed by atoms with E-state index in [1.54, 1.807) is 48.7 Å². The molecule has 0 spiro atoms. The fourth-order valence-corrected chi connectivity index (χ4v) is 4.54. The van der Waals surface area contributed by atoms with Crippen molar-refractivity contribution in [2.75, 3.05) is 6.61 Å². The predicted octanol–water partition coefficient (Wildman–Crippen LogP) is 3.22. The molecule has 1 atom stereocenters. The SMILES string of the molecule is Cc1ccc(S(=O)(=O)n2ccc3cc(C4CCOC4=O)ccc32)cc1. The van der Waals surface area contributed by atoms with Gasteiger partial charge in [0.15, 0.2) is 0 Å². The third-order valence-corrected chi connectivity index (χ3v) is 6.30. The minimum absolute atomic E-state index is 0.217. The van der Waals surface area contributed by atoms with E-state index in [0.717, 1.165) is 16.5 Å². The van der Waals surface area contributed by atoms with Crippen LogP contribution in [0.25, 0.3) is 10.9 Å². The minimum atomic E-state index is -3.66. The monoisotopic (exact) mass is 355 g/mol. The van der Waals surface area contributed by atoms with E-state index >= 15 is 0 Å². The summed E-state index contributed by atoms with van der Waals surface area (Å²) in [6.07, 6.45) is 2.21. The van der Waals surface area contributed by atoms with Crippen LogP contribution < -0.4 is 0 Å². The van der Waals surface area contributed by atoms with Crippen molar-refractivity contribution in [3.05, 3.63) is 65.9 Å². The van der Waals surface area contributed by atoms with Crippen molar-refractivity contribution in [3.8, 4) is 0 Å². The van der Waals surface area contributed by atoms with Crippen molar-refractivity contribution in [3.63, 3.8) is 0 Å². The fraction of sp³-hybridized carbons (Fsp3) is 0.211. The molecule has 0 aliphatic carbocycles. The molecule has 1 aromatic heterocycles. The fourth-order valence-electron chi connectivity index (χ4n) is 3.18. The van der Waals surface area contributed by atoms with Crippen LogP contribution in [0.4, 0.5) is 0 Å². The first kappa shape index (κ1) is 15.9. The van der Waals surface area contributed by atoms with Crippen molar-refractivity contribution in [2.45, 2.75) is 24.2 Å².